The summed E-state index contributed by atoms with van der Waals surface area (Å²) >= 11 is 0. The maximum atomic E-state index is 12.7. The first kappa shape index (κ1) is 16.5. The summed E-state index contributed by atoms with van der Waals surface area (Å²) in [6, 6.07) is 0. The van der Waals surface area contributed by atoms with Gasteiger partial charge in [0.2, 0.25) is 5.76 Å². The number of halogens is 7. The average Bonchev–Trinajstić information content (AvgIpc) is 2.23. The molecule has 0 atom stereocenters. The lowest BCUT2D eigenvalue weighted by molar-refractivity contribution is -0.349. The van der Waals surface area contributed by atoms with Gasteiger partial charge in [0.15, 0.2) is 0 Å². The Bertz CT molecular complexity index is 345. The molecule has 0 aromatic heterocycles. The lowest BCUT2D eigenvalue weighted by Gasteiger charge is -2.27. The lowest BCUT2D eigenvalue weighted by Crippen LogP contribution is -2.52. The van der Waals surface area contributed by atoms with Gasteiger partial charge in [-0.2, -0.15) is 30.7 Å². The summed E-state index contributed by atoms with van der Waals surface area (Å²) in [6.45, 7) is 1.20. The van der Waals surface area contributed by atoms with Crippen molar-refractivity contribution in [1.82, 2.24) is 0 Å². The van der Waals surface area contributed by atoms with E-state index in [0.717, 1.165) is 0 Å². The zero-order valence-electron chi connectivity index (χ0n) is 8.69. The topological polar surface area (TPSA) is 46.5 Å². The number of hydrogen-bond acceptors (Lipinski definition) is 3. The number of alkyl halides is 7. The van der Waals surface area contributed by atoms with Crippen LogP contribution in [0.2, 0.25) is 0 Å². The van der Waals surface area contributed by atoms with Crippen LogP contribution in [-0.4, -0.2) is 29.1 Å². The van der Waals surface area contributed by atoms with E-state index in [-0.39, 0.29) is 6.42 Å². The van der Waals surface area contributed by atoms with Crippen molar-refractivity contribution >= 4 is 5.97 Å². The number of aliphatic hydroxyl groups is 1. The summed E-state index contributed by atoms with van der Waals surface area (Å²) < 4.78 is 88.8. The zero-order chi connectivity index (χ0) is 14.8. The first-order valence-corrected chi connectivity index (χ1v) is 4.29. The Hall–Kier alpha value is -1.48. The molecule has 0 unspecified atom stereocenters. The van der Waals surface area contributed by atoms with E-state index in [4.69, 9.17) is 5.11 Å². The van der Waals surface area contributed by atoms with E-state index in [0.29, 0.717) is 0 Å². The van der Waals surface area contributed by atoms with Crippen molar-refractivity contribution < 1.29 is 45.4 Å². The Balaban J connectivity index is 5.20. The van der Waals surface area contributed by atoms with Crippen molar-refractivity contribution in [3.05, 3.63) is 12.0 Å². The average molecular weight is 284 g/mol. The zero-order valence-corrected chi connectivity index (χ0v) is 8.69. The van der Waals surface area contributed by atoms with E-state index in [1.807, 2.05) is 0 Å². The molecule has 0 heterocycles. The van der Waals surface area contributed by atoms with Crippen LogP contribution in [0.4, 0.5) is 30.7 Å². The molecule has 0 spiro atoms. The first-order valence-electron chi connectivity index (χ1n) is 4.29. The summed E-state index contributed by atoms with van der Waals surface area (Å²) in [5.74, 6) is -16.3. The standard InChI is InChI=1S/C8H7F7O3/c1-2-5(17)18-3-4(16)6(9,10)7(11,12)8(13,14)15/h3,16H,2H2,1H3/b4-3-. The lowest BCUT2D eigenvalue weighted by atomic mass is 10.1. The monoisotopic (exact) mass is 284 g/mol. The highest BCUT2D eigenvalue weighted by Crippen LogP contribution is 2.49. The number of ether oxygens (including phenoxy) is 1. The molecule has 0 rings (SSSR count). The third-order valence-corrected chi connectivity index (χ3v) is 1.66. The van der Waals surface area contributed by atoms with E-state index in [1.165, 1.54) is 6.92 Å². The number of carbonyl (C=O) groups excluding carboxylic acids is 1. The molecule has 0 saturated carbocycles. The van der Waals surface area contributed by atoms with Crippen molar-refractivity contribution in [3.63, 3.8) is 0 Å². The molecule has 3 nitrogen and oxygen atoms in total. The Morgan fingerprint density at radius 3 is 1.94 bits per heavy atom. The number of esters is 1. The van der Waals surface area contributed by atoms with Crippen molar-refractivity contribution in [1.29, 1.82) is 0 Å². The second kappa shape index (κ2) is 5.02. The molecule has 0 aromatic carbocycles. The van der Waals surface area contributed by atoms with E-state index >= 15 is 0 Å². The number of hydrogen-bond donors (Lipinski definition) is 1. The number of allylic oxidation sites excluding steroid dienone is 1. The number of carbonyl (C=O) groups is 1. The van der Waals surface area contributed by atoms with Crippen LogP contribution in [0.3, 0.4) is 0 Å². The van der Waals surface area contributed by atoms with Crippen LogP contribution in [-0.2, 0) is 9.53 Å². The molecular weight excluding hydrogens is 277 g/mol. The number of rotatable bonds is 4. The van der Waals surface area contributed by atoms with Gasteiger partial charge in [-0.1, -0.05) is 6.92 Å². The molecule has 0 amide bonds. The Kier molecular flexibility index (Phi) is 4.61. The molecule has 0 aliphatic heterocycles. The van der Waals surface area contributed by atoms with Gasteiger partial charge in [0, 0.05) is 6.42 Å². The van der Waals surface area contributed by atoms with E-state index < -0.39 is 36.0 Å². The summed E-state index contributed by atoms with van der Waals surface area (Å²) in [7, 11) is 0. The van der Waals surface area contributed by atoms with Gasteiger partial charge < -0.3 is 9.84 Å². The quantitative estimate of drug-likeness (QED) is 0.490. The highest BCUT2D eigenvalue weighted by atomic mass is 19.4. The van der Waals surface area contributed by atoms with E-state index in [9.17, 15) is 35.5 Å². The van der Waals surface area contributed by atoms with Gasteiger partial charge in [0.25, 0.3) is 0 Å². The van der Waals surface area contributed by atoms with Crippen molar-refractivity contribution in [2.45, 2.75) is 31.4 Å². The van der Waals surface area contributed by atoms with Gasteiger partial charge in [-0.15, -0.1) is 0 Å². The minimum absolute atomic E-state index is 0.356. The second-order valence-corrected chi connectivity index (χ2v) is 2.99. The first-order chi connectivity index (χ1) is 7.88. The third kappa shape index (κ3) is 3.05. The van der Waals surface area contributed by atoms with Gasteiger partial charge in [-0.3, -0.25) is 4.79 Å². The SMILES string of the molecule is CCC(=O)O/C=C(\O)C(F)(F)C(F)(F)C(F)(F)F. The predicted molar refractivity (Wildman–Crippen MR) is 43.0 cm³/mol. The van der Waals surface area contributed by atoms with Gasteiger partial charge in [0.05, 0.1) is 0 Å². The largest absolute Gasteiger partial charge is 0.504 e. The molecule has 0 aliphatic carbocycles. The van der Waals surface area contributed by atoms with Gasteiger partial charge in [-0.25, -0.2) is 0 Å². The molecule has 0 fully saturated rings. The van der Waals surface area contributed by atoms with Crippen molar-refractivity contribution in [2.75, 3.05) is 0 Å². The van der Waals surface area contributed by atoms with Crippen LogP contribution < -0.4 is 0 Å². The summed E-state index contributed by atoms with van der Waals surface area (Å²) in [5.41, 5.74) is 0. The molecule has 0 aromatic rings. The molecule has 0 radical (unpaired) electrons. The van der Waals surface area contributed by atoms with E-state index in [1.54, 1.807) is 0 Å². The second-order valence-electron chi connectivity index (χ2n) is 2.99. The van der Waals surface area contributed by atoms with Crippen LogP contribution in [0.15, 0.2) is 12.0 Å². The maximum absolute atomic E-state index is 12.7. The minimum atomic E-state index is -6.58. The minimum Gasteiger partial charge on any atom is -0.504 e. The van der Waals surface area contributed by atoms with Gasteiger partial charge >= 0.3 is 24.0 Å². The summed E-state index contributed by atoms with van der Waals surface area (Å²) in [6.07, 6.45) is -7.48. The molecule has 106 valence electrons. The fourth-order valence-corrected chi connectivity index (χ4v) is 0.618. The van der Waals surface area contributed by atoms with Crippen LogP contribution in [0, 0.1) is 0 Å². The number of aliphatic hydroxyl groups excluding tert-OH is 1. The molecular formula is C8H7F7O3. The highest BCUT2D eigenvalue weighted by Gasteiger charge is 2.75. The molecule has 0 bridgehead atoms. The molecule has 10 heteroatoms. The normalized spacial score (nSPS) is 14.6. The predicted octanol–water partition coefficient (Wildman–Crippen LogP) is 3.17. The molecule has 0 saturated heterocycles. The smallest absolute Gasteiger partial charge is 0.460 e. The van der Waals surface area contributed by atoms with Crippen LogP contribution >= 0.6 is 0 Å². The van der Waals surface area contributed by atoms with Gasteiger partial charge in [-0.05, 0) is 0 Å². The van der Waals surface area contributed by atoms with Crippen LogP contribution in [0.25, 0.3) is 0 Å². The molecule has 0 aliphatic rings. The van der Waals surface area contributed by atoms with Crippen LogP contribution in [0.5, 0.6) is 0 Å². The third-order valence-electron chi connectivity index (χ3n) is 1.66. The molecule has 1 N–H and O–H groups in total. The summed E-state index contributed by atoms with van der Waals surface area (Å²) in [4.78, 5) is 10.5. The van der Waals surface area contributed by atoms with Crippen molar-refractivity contribution in [2.24, 2.45) is 0 Å². The maximum Gasteiger partial charge on any atom is 0.460 e. The fourth-order valence-electron chi connectivity index (χ4n) is 0.618. The Morgan fingerprint density at radius 1 is 1.17 bits per heavy atom. The van der Waals surface area contributed by atoms with E-state index in [2.05, 4.69) is 4.74 Å². The Morgan fingerprint density at radius 2 is 1.61 bits per heavy atom. The van der Waals surface area contributed by atoms with Gasteiger partial charge in [0.1, 0.15) is 6.26 Å². The highest BCUT2D eigenvalue weighted by molar-refractivity contribution is 5.69. The molecule has 18 heavy (non-hydrogen) atoms. The van der Waals surface area contributed by atoms with Crippen molar-refractivity contribution in [3.8, 4) is 0 Å². The van der Waals surface area contributed by atoms with Crippen LogP contribution in [0.1, 0.15) is 13.3 Å². The Labute approximate surface area is 95.8 Å². The fraction of sp³-hybridized carbons (Fsp3) is 0.625. The summed E-state index contributed by atoms with van der Waals surface area (Å²) in [5, 5.41) is 8.47.